The fourth-order valence-corrected chi connectivity index (χ4v) is 2.16. The van der Waals surface area contributed by atoms with E-state index in [-0.39, 0.29) is 0 Å². The molecule has 71 valence electrons. The molecule has 12 heavy (non-hydrogen) atoms. The third-order valence-corrected chi connectivity index (χ3v) is 3.13. The van der Waals surface area contributed by atoms with E-state index >= 15 is 0 Å². The van der Waals surface area contributed by atoms with Gasteiger partial charge in [0.05, 0.1) is 0 Å². The Balaban J connectivity index is 4.35. The molecule has 0 heterocycles. The van der Waals surface area contributed by atoms with Gasteiger partial charge in [0.1, 0.15) is 7.28 Å². The molecule has 0 rings (SSSR count). The molecule has 0 aliphatic heterocycles. The summed E-state index contributed by atoms with van der Waals surface area (Å²) in [7, 11) is 2.54. The van der Waals surface area contributed by atoms with E-state index in [1.165, 1.54) is 12.8 Å². The summed E-state index contributed by atoms with van der Waals surface area (Å²) in [5, 5.41) is 0.480. The molecule has 1 radical (unpaired) electrons. The van der Waals surface area contributed by atoms with Crippen molar-refractivity contribution in [1.82, 2.24) is 0 Å². The molecule has 0 bridgehead atoms. The molecular formula is C11H24B. The highest BCUT2D eigenvalue weighted by molar-refractivity contribution is 6.41. The predicted octanol–water partition coefficient (Wildman–Crippen LogP) is 4.15. The van der Waals surface area contributed by atoms with Crippen molar-refractivity contribution in [2.24, 2.45) is 5.92 Å². The molecule has 0 aromatic carbocycles. The SMILES string of the molecule is CCC([B]C(C)C)(CC)C(C)C. The normalized spacial score (nSPS) is 12.7. The van der Waals surface area contributed by atoms with Crippen LogP contribution in [0, 0.1) is 5.92 Å². The molecule has 0 aromatic heterocycles. The van der Waals surface area contributed by atoms with Crippen LogP contribution < -0.4 is 0 Å². The van der Waals surface area contributed by atoms with Crippen LogP contribution >= 0.6 is 0 Å². The first-order valence-electron chi connectivity index (χ1n) is 5.34. The lowest BCUT2D eigenvalue weighted by molar-refractivity contribution is 0.377. The van der Waals surface area contributed by atoms with Gasteiger partial charge in [0.2, 0.25) is 0 Å². The summed E-state index contributed by atoms with van der Waals surface area (Å²) in [6, 6.07) is 0. The van der Waals surface area contributed by atoms with Gasteiger partial charge in [-0.1, -0.05) is 65.5 Å². The second-order valence-electron chi connectivity index (χ2n) is 4.51. The largest absolute Gasteiger partial charge is 0.121 e. The zero-order valence-electron chi connectivity index (χ0n) is 9.65. The fraction of sp³-hybridized carbons (Fsp3) is 1.00. The quantitative estimate of drug-likeness (QED) is 0.539. The molecule has 0 aromatic rings. The molecule has 0 amide bonds. The number of hydrogen-bond donors (Lipinski definition) is 0. The molecule has 0 aliphatic rings. The third-order valence-electron chi connectivity index (χ3n) is 3.13. The van der Waals surface area contributed by atoms with E-state index < -0.39 is 0 Å². The van der Waals surface area contributed by atoms with Crippen molar-refractivity contribution >= 4 is 7.28 Å². The van der Waals surface area contributed by atoms with Crippen LogP contribution in [-0.4, -0.2) is 7.28 Å². The summed E-state index contributed by atoms with van der Waals surface area (Å²) < 4.78 is 0. The molecule has 1 heteroatoms. The summed E-state index contributed by atoms with van der Waals surface area (Å²) in [5.41, 5.74) is 0. The Morgan fingerprint density at radius 3 is 1.50 bits per heavy atom. The Morgan fingerprint density at radius 2 is 1.42 bits per heavy atom. The Morgan fingerprint density at radius 1 is 1.00 bits per heavy atom. The van der Waals surface area contributed by atoms with Crippen LogP contribution in [0.25, 0.3) is 0 Å². The Labute approximate surface area is 79.4 Å². The van der Waals surface area contributed by atoms with Crippen LogP contribution in [0.4, 0.5) is 0 Å². The standard InChI is InChI=1S/C11H24B/c1-7-11(8-2,9(3)4)12-10(5)6/h9-10H,7-8H2,1-6H3. The second-order valence-corrected chi connectivity index (χ2v) is 4.51. The zero-order valence-corrected chi connectivity index (χ0v) is 9.65. The van der Waals surface area contributed by atoms with Gasteiger partial charge in [-0.2, -0.15) is 0 Å². The molecule has 0 saturated carbocycles. The highest BCUT2D eigenvalue weighted by Gasteiger charge is 2.31. The second kappa shape index (κ2) is 4.94. The van der Waals surface area contributed by atoms with Gasteiger partial charge >= 0.3 is 0 Å². The van der Waals surface area contributed by atoms with Crippen molar-refractivity contribution < 1.29 is 0 Å². The summed E-state index contributed by atoms with van der Waals surface area (Å²) in [4.78, 5) is 0. The van der Waals surface area contributed by atoms with Crippen LogP contribution in [0.15, 0.2) is 0 Å². The van der Waals surface area contributed by atoms with Gasteiger partial charge in [-0.15, -0.1) is 0 Å². The van der Waals surface area contributed by atoms with Crippen molar-refractivity contribution in [3.8, 4) is 0 Å². The molecule has 0 fully saturated rings. The Hall–Kier alpha value is 0.0649. The van der Waals surface area contributed by atoms with Crippen LogP contribution in [0.3, 0.4) is 0 Å². The monoisotopic (exact) mass is 167 g/mol. The highest BCUT2D eigenvalue weighted by atomic mass is 14.3. The maximum Gasteiger partial charge on any atom is 0.121 e. The van der Waals surface area contributed by atoms with Gasteiger partial charge in [-0.05, 0) is 5.92 Å². The van der Waals surface area contributed by atoms with Gasteiger partial charge in [-0.25, -0.2) is 0 Å². The van der Waals surface area contributed by atoms with Crippen molar-refractivity contribution in [2.75, 3.05) is 0 Å². The Bertz CT molecular complexity index is 112. The number of rotatable bonds is 5. The van der Waals surface area contributed by atoms with E-state index in [0.29, 0.717) is 11.1 Å². The lowest BCUT2D eigenvalue weighted by Gasteiger charge is -2.37. The lowest BCUT2D eigenvalue weighted by atomic mass is 9.41. The minimum Gasteiger partial charge on any atom is -0.0738 e. The van der Waals surface area contributed by atoms with E-state index in [9.17, 15) is 0 Å². The minimum atomic E-state index is 0.480. The molecule has 0 atom stereocenters. The number of hydrogen-bond acceptors (Lipinski definition) is 0. The smallest absolute Gasteiger partial charge is 0.0738 e. The van der Waals surface area contributed by atoms with E-state index in [2.05, 4.69) is 48.8 Å². The fourth-order valence-electron chi connectivity index (χ4n) is 2.16. The Kier molecular flexibility index (Phi) is 4.97. The molecule has 0 nitrogen and oxygen atoms in total. The predicted molar refractivity (Wildman–Crippen MR) is 59.0 cm³/mol. The topological polar surface area (TPSA) is 0 Å². The molecule has 0 saturated heterocycles. The summed E-state index contributed by atoms with van der Waals surface area (Å²) >= 11 is 0. The lowest BCUT2D eigenvalue weighted by Crippen LogP contribution is -2.26. The van der Waals surface area contributed by atoms with Crippen LogP contribution in [0.2, 0.25) is 11.1 Å². The van der Waals surface area contributed by atoms with Crippen LogP contribution in [0.1, 0.15) is 54.4 Å². The van der Waals surface area contributed by atoms with E-state index in [4.69, 9.17) is 0 Å². The molecular weight excluding hydrogens is 143 g/mol. The molecule has 0 aliphatic carbocycles. The molecule has 0 spiro atoms. The van der Waals surface area contributed by atoms with Crippen molar-refractivity contribution in [1.29, 1.82) is 0 Å². The minimum absolute atomic E-state index is 0.480. The summed E-state index contributed by atoms with van der Waals surface area (Å²) in [5.74, 6) is 1.49. The maximum atomic E-state index is 2.54. The van der Waals surface area contributed by atoms with Crippen LogP contribution in [-0.2, 0) is 0 Å². The van der Waals surface area contributed by atoms with Gasteiger partial charge < -0.3 is 0 Å². The first-order chi connectivity index (χ1) is 5.48. The first-order valence-corrected chi connectivity index (χ1v) is 5.34. The van der Waals surface area contributed by atoms with Crippen LogP contribution in [0.5, 0.6) is 0 Å². The van der Waals surface area contributed by atoms with E-state index in [1.807, 2.05) is 0 Å². The average Bonchev–Trinajstić information content (AvgIpc) is 1.99. The van der Waals surface area contributed by atoms with Gasteiger partial charge in [0, 0.05) is 0 Å². The van der Waals surface area contributed by atoms with E-state index in [1.54, 1.807) is 0 Å². The average molecular weight is 167 g/mol. The first kappa shape index (κ1) is 12.1. The van der Waals surface area contributed by atoms with Crippen molar-refractivity contribution in [2.45, 2.75) is 65.5 Å². The van der Waals surface area contributed by atoms with Gasteiger partial charge in [0.25, 0.3) is 0 Å². The molecule has 0 unspecified atom stereocenters. The maximum absolute atomic E-state index is 2.54. The van der Waals surface area contributed by atoms with Crippen molar-refractivity contribution in [3.05, 3.63) is 0 Å². The summed E-state index contributed by atoms with van der Waals surface area (Å²) in [6.07, 6.45) is 2.55. The third kappa shape index (κ3) is 2.84. The van der Waals surface area contributed by atoms with Gasteiger partial charge in [0.15, 0.2) is 0 Å². The zero-order chi connectivity index (χ0) is 9.78. The highest BCUT2D eigenvalue weighted by Crippen LogP contribution is 2.43. The van der Waals surface area contributed by atoms with Crippen molar-refractivity contribution in [3.63, 3.8) is 0 Å². The summed E-state index contributed by atoms with van der Waals surface area (Å²) in [6.45, 7) is 13.9. The van der Waals surface area contributed by atoms with E-state index in [0.717, 1.165) is 5.92 Å². The van der Waals surface area contributed by atoms with Gasteiger partial charge in [-0.3, -0.25) is 0 Å². The molecule has 0 N–H and O–H groups in total.